The van der Waals surface area contributed by atoms with Crippen LogP contribution in [0.25, 0.3) is 32.6 Å². The summed E-state index contributed by atoms with van der Waals surface area (Å²) in [6, 6.07) is 24.3. The number of amides is 1. The van der Waals surface area contributed by atoms with E-state index < -0.39 is 17.9 Å². The summed E-state index contributed by atoms with van der Waals surface area (Å²) in [6.45, 7) is 0. The van der Waals surface area contributed by atoms with E-state index in [-0.39, 0.29) is 15.6 Å². The van der Waals surface area contributed by atoms with E-state index >= 15 is 0 Å². The molecular weight excluding hydrogens is 515 g/mol. The van der Waals surface area contributed by atoms with Crippen LogP contribution in [-0.2, 0) is 4.79 Å². The Labute approximate surface area is 221 Å². The molecule has 178 valence electrons. The minimum absolute atomic E-state index is 0.286. The van der Waals surface area contributed by atoms with Gasteiger partial charge in [0.2, 0.25) is 0 Å². The third-order valence-electron chi connectivity index (χ3n) is 5.66. The van der Waals surface area contributed by atoms with Gasteiger partial charge in [0.05, 0.1) is 5.69 Å². The second kappa shape index (κ2) is 10.1. The van der Waals surface area contributed by atoms with Gasteiger partial charge in [-0.05, 0) is 52.7 Å². The number of hydrogen-bond acceptors (Lipinski definition) is 4. The summed E-state index contributed by atoms with van der Waals surface area (Å²) < 4.78 is 0. The Balaban J connectivity index is 1.43. The molecule has 0 radical (unpaired) electrons. The zero-order valence-electron chi connectivity index (χ0n) is 18.6. The van der Waals surface area contributed by atoms with E-state index in [2.05, 4.69) is 5.32 Å². The minimum Gasteiger partial charge on any atom is -0.479 e. The molecule has 5 aromatic rings. The van der Waals surface area contributed by atoms with Gasteiger partial charge in [0.15, 0.2) is 6.04 Å². The Bertz CT molecular complexity index is 1580. The number of halogens is 2. The quantitative estimate of drug-likeness (QED) is 0.237. The van der Waals surface area contributed by atoms with Crippen LogP contribution in [0.15, 0.2) is 90.3 Å². The standard InChI is InChI=1S/C28H18Cl2N2O3S/c29-22-12-21(13-23(30)14-22)25(28(34)35)32-26(33)18-8-6-16-7-9-19(11-20(16)10-18)27-31-24(15-36-27)17-4-2-1-3-5-17/h1-15,25H,(H,32,33)(H,34,35). The Kier molecular flexibility index (Phi) is 6.74. The van der Waals surface area contributed by atoms with Gasteiger partial charge in [0.25, 0.3) is 5.91 Å². The van der Waals surface area contributed by atoms with Gasteiger partial charge in [-0.3, -0.25) is 4.79 Å². The number of hydrogen-bond donors (Lipinski definition) is 2. The molecule has 0 fully saturated rings. The van der Waals surface area contributed by atoms with E-state index in [1.165, 1.54) is 18.2 Å². The van der Waals surface area contributed by atoms with E-state index in [0.29, 0.717) is 5.56 Å². The molecule has 0 aliphatic rings. The Hall–Kier alpha value is -3.71. The van der Waals surface area contributed by atoms with Crippen LogP contribution in [0.4, 0.5) is 0 Å². The van der Waals surface area contributed by atoms with Crippen LogP contribution in [0.2, 0.25) is 10.0 Å². The Morgan fingerprint density at radius 2 is 1.56 bits per heavy atom. The predicted molar refractivity (Wildman–Crippen MR) is 145 cm³/mol. The van der Waals surface area contributed by atoms with Gasteiger partial charge in [0.1, 0.15) is 5.01 Å². The van der Waals surface area contributed by atoms with Crippen LogP contribution in [0.5, 0.6) is 0 Å². The number of fused-ring (bicyclic) bond motifs is 1. The average molecular weight is 533 g/mol. The highest BCUT2D eigenvalue weighted by Gasteiger charge is 2.24. The first-order chi connectivity index (χ1) is 17.4. The van der Waals surface area contributed by atoms with Crippen LogP contribution in [0, 0.1) is 0 Å². The topological polar surface area (TPSA) is 79.3 Å². The third-order valence-corrected chi connectivity index (χ3v) is 6.99. The number of carboxylic acids is 1. The molecule has 2 N–H and O–H groups in total. The largest absolute Gasteiger partial charge is 0.479 e. The molecule has 0 aliphatic heterocycles. The molecule has 0 bridgehead atoms. The second-order valence-electron chi connectivity index (χ2n) is 8.13. The van der Waals surface area contributed by atoms with Crippen molar-refractivity contribution >= 4 is 57.2 Å². The fourth-order valence-electron chi connectivity index (χ4n) is 3.91. The zero-order chi connectivity index (χ0) is 25.2. The lowest BCUT2D eigenvalue weighted by Crippen LogP contribution is -2.33. The highest BCUT2D eigenvalue weighted by atomic mass is 35.5. The summed E-state index contributed by atoms with van der Waals surface area (Å²) in [5, 5.41) is 17.5. The maximum atomic E-state index is 13.0. The van der Waals surface area contributed by atoms with Crippen LogP contribution >= 0.6 is 34.5 Å². The van der Waals surface area contributed by atoms with Crippen molar-refractivity contribution in [2.45, 2.75) is 6.04 Å². The maximum absolute atomic E-state index is 13.0. The number of nitrogens with one attached hydrogen (secondary N) is 1. The lowest BCUT2D eigenvalue weighted by atomic mass is 10.0. The van der Waals surface area contributed by atoms with Crippen molar-refractivity contribution in [1.82, 2.24) is 10.3 Å². The molecule has 5 rings (SSSR count). The van der Waals surface area contributed by atoms with Gasteiger partial charge < -0.3 is 10.4 Å². The molecule has 0 saturated heterocycles. The fourth-order valence-corrected chi connectivity index (χ4v) is 5.28. The van der Waals surface area contributed by atoms with Crippen molar-refractivity contribution in [3.05, 3.63) is 111 Å². The number of carbonyl (C=O) groups is 2. The van der Waals surface area contributed by atoms with Crippen molar-refractivity contribution in [2.75, 3.05) is 0 Å². The first kappa shape index (κ1) is 24.0. The molecule has 0 saturated carbocycles. The van der Waals surface area contributed by atoms with Crippen molar-refractivity contribution < 1.29 is 14.7 Å². The number of rotatable bonds is 6. The van der Waals surface area contributed by atoms with Gasteiger partial charge in [-0.25, -0.2) is 9.78 Å². The van der Waals surface area contributed by atoms with Gasteiger partial charge >= 0.3 is 5.97 Å². The fraction of sp³-hybridized carbons (Fsp3) is 0.0357. The first-order valence-electron chi connectivity index (χ1n) is 10.9. The summed E-state index contributed by atoms with van der Waals surface area (Å²) in [4.78, 5) is 29.7. The molecule has 1 unspecified atom stereocenters. The molecular formula is C28H18Cl2N2O3S. The highest BCUT2D eigenvalue weighted by molar-refractivity contribution is 7.13. The Morgan fingerprint density at radius 3 is 2.28 bits per heavy atom. The normalized spacial score (nSPS) is 11.8. The lowest BCUT2D eigenvalue weighted by Gasteiger charge is -2.16. The van der Waals surface area contributed by atoms with Crippen molar-refractivity contribution in [1.29, 1.82) is 0 Å². The van der Waals surface area contributed by atoms with Gasteiger partial charge in [-0.1, -0.05) is 71.7 Å². The molecule has 36 heavy (non-hydrogen) atoms. The van der Waals surface area contributed by atoms with E-state index in [0.717, 1.165) is 32.6 Å². The second-order valence-corrected chi connectivity index (χ2v) is 9.86. The predicted octanol–water partition coefficient (Wildman–Crippen LogP) is 7.49. The summed E-state index contributed by atoms with van der Waals surface area (Å²) in [7, 11) is 0. The van der Waals surface area contributed by atoms with Crippen LogP contribution in [0.3, 0.4) is 0 Å². The van der Waals surface area contributed by atoms with Crippen LogP contribution < -0.4 is 5.32 Å². The molecule has 1 amide bonds. The highest BCUT2D eigenvalue weighted by Crippen LogP contribution is 2.31. The lowest BCUT2D eigenvalue weighted by molar-refractivity contribution is -0.139. The van der Waals surface area contributed by atoms with Gasteiger partial charge in [-0.2, -0.15) is 0 Å². The molecule has 1 aromatic heterocycles. The van der Waals surface area contributed by atoms with E-state index in [4.69, 9.17) is 28.2 Å². The molecule has 8 heteroatoms. The van der Waals surface area contributed by atoms with Gasteiger partial charge in [0, 0.05) is 32.1 Å². The molecule has 1 atom stereocenters. The van der Waals surface area contributed by atoms with E-state index in [9.17, 15) is 14.7 Å². The van der Waals surface area contributed by atoms with E-state index in [1.54, 1.807) is 23.5 Å². The zero-order valence-corrected chi connectivity index (χ0v) is 20.9. The third kappa shape index (κ3) is 5.11. The molecule has 4 aromatic carbocycles. The average Bonchev–Trinajstić information content (AvgIpc) is 3.36. The number of nitrogens with zero attached hydrogens (tertiary/aromatic N) is 1. The number of thiazole rings is 1. The molecule has 5 nitrogen and oxygen atoms in total. The molecule has 0 spiro atoms. The monoisotopic (exact) mass is 532 g/mol. The number of aromatic nitrogens is 1. The van der Waals surface area contributed by atoms with Crippen molar-refractivity contribution in [2.24, 2.45) is 0 Å². The summed E-state index contributed by atoms with van der Waals surface area (Å²) in [6.07, 6.45) is 0. The Morgan fingerprint density at radius 1 is 0.833 bits per heavy atom. The summed E-state index contributed by atoms with van der Waals surface area (Å²) in [5.74, 6) is -1.74. The van der Waals surface area contributed by atoms with Crippen LogP contribution in [-0.4, -0.2) is 22.0 Å². The molecule has 1 heterocycles. The smallest absolute Gasteiger partial charge is 0.330 e. The molecule has 0 aliphatic carbocycles. The number of carboxylic acid groups (broad SMARTS) is 1. The van der Waals surface area contributed by atoms with Crippen molar-refractivity contribution in [3.8, 4) is 21.8 Å². The maximum Gasteiger partial charge on any atom is 0.330 e. The number of aliphatic carboxylic acids is 1. The van der Waals surface area contributed by atoms with Gasteiger partial charge in [-0.15, -0.1) is 11.3 Å². The summed E-state index contributed by atoms with van der Waals surface area (Å²) in [5.41, 5.74) is 3.51. The van der Waals surface area contributed by atoms with Crippen LogP contribution in [0.1, 0.15) is 22.0 Å². The summed E-state index contributed by atoms with van der Waals surface area (Å²) >= 11 is 13.6. The van der Waals surface area contributed by atoms with E-state index in [1.807, 2.05) is 60.0 Å². The first-order valence-corrected chi connectivity index (χ1v) is 12.6. The number of benzene rings is 4. The SMILES string of the molecule is O=C(NC(C(=O)O)c1cc(Cl)cc(Cl)c1)c1ccc2ccc(-c3nc(-c4ccccc4)cs3)cc2c1. The minimum atomic E-state index is -1.30. The number of carbonyl (C=O) groups excluding carboxylic acids is 1. The van der Waals surface area contributed by atoms with Crippen molar-refractivity contribution in [3.63, 3.8) is 0 Å².